The molecule has 1 heterocycles. The first-order valence-corrected chi connectivity index (χ1v) is 11.0. The molecule has 2 aromatic carbocycles. The molecule has 0 N–H and O–H groups in total. The van der Waals surface area contributed by atoms with Gasteiger partial charge in [0.25, 0.3) is 0 Å². The molecule has 0 atom stereocenters. The fraction of sp³-hybridized carbons (Fsp3) is 0.259. The van der Waals surface area contributed by atoms with E-state index in [-0.39, 0.29) is 18.4 Å². The fourth-order valence-electron chi connectivity index (χ4n) is 3.53. The van der Waals surface area contributed by atoms with Crippen molar-refractivity contribution in [1.29, 1.82) is 0 Å². The number of aryl methyl sites for hydroxylation is 1. The predicted octanol–water partition coefficient (Wildman–Crippen LogP) is 4.51. The minimum atomic E-state index is -0.150. The molecule has 0 aliphatic heterocycles. The number of hydrogen-bond donors (Lipinski definition) is 0. The van der Waals surface area contributed by atoms with E-state index in [1.54, 1.807) is 17.1 Å². The summed E-state index contributed by atoms with van der Waals surface area (Å²) >= 11 is 0. The van der Waals surface area contributed by atoms with Crippen LogP contribution in [0.25, 0.3) is 6.08 Å². The number of amides is 2. The average molecular weight is 430 g/mol. The Morgan fingerprint density at radius 2 is 1.56 bits per heavy atom. The van der Waals surface area contributed by atoms with E-state index in [2.05, 4.69) is 0 Å². The van der Waals surface area contributed by atoms with Gasteiger partial charge in [-0.2, -0.15) is 0 Å². The Kier molecular flexibility index (Phi) is 8.44. The van der Waals surface area contributed by atoms with Crippen LogP contribution in [0.5, 0.6) is 0 Å². The Bertz CT molecular complexity index is 1030. The molecule has 0 fully saturated rings. The average Bonchev–Trinajstić information content (AvgIpc) is 3.22. The van der Waals surface area contributed by atoms with Crippen LogP contribution in [0.3, 0.4) is 0 Å². The highest BCUT2D eigenvalue weighted by molar-refractivity contribution is 5.94. The summed E-state index contributed by atoms with van der Waals surface area (Å²) in [5, 5.41) is 0. The Morgan fingerprint density at radius 3 is 2.19 bits per heavy atom. The zero-order valence-electron chi connectivity index (χ0n) is 18.9. The SMILES string of the molecule is CCCN(CC(=O)N(Cc1ccccc1)Cc1cccn1C)C(=O)C=Cc1ccccc1. The number of hydrogen-bond acceptors (Lipinski definition) is 2. The fourth-order valence-corrected chi connectivity index (χ4v) is 3.53. The number of aromatic nitrogens is 1. The number of carbonyl (C=O) groups is 2. The van der Waals surface area contributed by atoms with Crippen molar-refractivity contribution in [2.24, 2.45) is 7.05 Å². The molecule has 5 nitrogen and oxygen atoms in total. The molecule has 1 aromatic heterocycles. The molecule has 2 amide bonds. The maximum atomic E-state index is 13.3. The van der Waals surface area contributed by atoms with Gasteiger partial charge in [0, 0.05) is 38.1 Å². The standard InChI is InChI=1S/C27H31N3O2/c1-3-18-29(26(31)17-16-23-11-6-4-7-12-23)22-27(32)30(20-24-13-8-5-9-14-24)21-25-15-10-19-28(25)2/h4-17,19H,3,18,20-22H2,1-2H3. The number of benzene rings is 2. The summed E-state index contributed by atoms with van der Waals surface area (Å²) in [4.78, 5) is 29.7. The first-order valence-electron chi connectivity index (χ1n) is 11.0. The van der Waals surface area contributed by atoms with Gasteiger partial charge in [0.1, 0.15) is 6.54 Å². The molecular weight excluding hydrogens is 398 g/mol. The van der Waals surface area contributed by atoms with E-state index in [0.29, 0.717) is 19.6 Å². The van der Waals surface area contributed by atoms with Crippen LogP contribution in [0, 0.1) is 0 Å². The van der Waals surface area contributed by atoms with Crippen LogP contribution in [0.15, 0.2) is 85.1 Å². The molecule has 0 bridgehead atoms. The quantitative estimate of drug-likeness (QED) is 0.445. The maximum absolute atomic E-state index is 13.3. The second kappa shape index (κ2) is 11.7. The van der Waals surface area contributed by atoms with Crippen molar-refractivity contribution >= 4 is 17.9 Å². The molecule has 3 rings (SSSR count). The highest BCUT2D eigenvalue weighted by Crippen LogP contribution is 2.12. The molecule has 0 unspecified atom stereocenters. The van der Waals surface area contributed by atoms with Crippen molar-refractivity contribution in [3.8, 4) is 0 Å². The lowest BCUT2D eigenvalue weighted by molar-refractivity contribution is -0.139. The molecule has 0 spiro atoms. The van der Waals surface area contributed by atoms with Gasteiger partial charge in [-0.15, -0.1) is 0 Å². The third-order valence-electron chi connectivity index (χ3n) is 5.32. The van der Waals surface area contributed by atoms with E-state index >= 15 is 0 Å². The Hall–Kier alpha value is -3.60. The normalized spacial score (nSPS) is 10.9. The van der Waals surface area contributed by atoms with Crippen LogP contribution in [-0.4, -0.2) is 39.3 Å². The van der Waals surface area contributed by atoms with Crippen molar-refractivity contribution in [2.75, 3.05) is 13.1 Å². The number of carbonyl (C=O) groups excluding carboxylic acids is 2. The van der Waals surface area contributed by atoms with E-state index in [4.69, 9.17) is 0 Å². The molecule has 0 aliphatic rings. The van der Waals surface area contributed by atoms with E-state index in [9.17, 15) is 9.59 Å². The van der Waals surface area contributed by atoms with Crippen LogP contribution in [0.2, 0.25) is 0 Å². The van der Waals surface area contributed by atoms with E-state index in [1.165, 1.54) is 0 Å². The summed E-state index contributed by atoms with van der Waals surface area (Å²) in [5.74, 6) is -0.215. The Labute approximate surface area is 190 Å². The van der Waals surface area contributed by atoms with Crippen LogP contribution < -0.4 is 0 Å². The van der Waals surface area contributed by atoms with Crippen LogP contribution in [0.1, 0.15) is 30.2 Å². The van der Waals surface area contributed by atoms with Crippen LogP contribution >= 0.6 is 0 Å². The third-order valence-corrected chi connectivity index (χ3v) is 5.32. The smallest absolute Gasteiger partial charge is 0.247 e. The predicted molar refractivity (Wildman–Crippen MR) is 128 cm³/mol. The summed E-state index contributed by atoms with van der Waals surface area (Å²) in [6.45, 7) is 3.59. The lowest BCUT2D eigenvalue weighted by Gasteiger charge is -2.27. The molecule has 32 heavy (non-hydrogen) atoms. The van der Waals surface area contributed by atoms with Crippen molar-refractivity contribution < 1.29 is 9.59 Å². The van der Waals surface area contributed by atoms with Crippen molar-refractivity contribution in [2.45, 2.75) is 26.4 Å². The highest BCUT2D eigenvalue weighted by atomic mass is 16.2. The maximum Gasteiger partial charge on any atom is 0.247 e. The molecule has 0 aliphatic carbocycles. The Balaban J connectivity index is 1.74. The van der Waals surface area contributed by atoms with Gasteiger partial charge in [-0.1, -0.05) is 67.6 Å². The molecule has 5 heteroatoms. The van der Waals surface area contributed by atoms with Gasteiger partial charge >= 0.3 is 0 Å². The lowest BCUT2D eigenvalue weighted by Crippen LogP contribution is -2.42. The Morgan fingerprint density at radius 1 is 0.875 bits per heavy atom. The molecular formula is C27H31N3O2. The number of rotatable bonds is 10. The second-order valence-electron chi connectivity index (χ2n) is 7.85. The zero-order chi connectivity index (χ0) is 22.8. The largest absolute Gasteiger partial charge is 0.353 e. The summed E-state index contributed by atoms with van der Waals surface area (Å²) in [6.07, 6.45) is 6.11. The van der Waals surface area contributed by atoms with Gasteiger partial charge in [-0.3, -0.25) is 9.59 Å². The van der Waals surface area contributed by atoms with E-state index in [1.807, 2.05) is 102 Å². The van der Waals surface area contributed by atoms with Gasteiger partial charge in [-0.05, 0) is 35.8 Å². The van der Waals surface area contributed by atoms with E-state index in [0.717, 1.165) is 23.2 Å². The summed E-state index contributed by atoms with van der Waals surface area (Å²) in [7, 11) is 1.97. The summed E-state index contributed by atoms with van der Waals surface area (Å²) in [6, 6.07) is 23.6. The summed E-state index contributed by atoms with van der Waals surface area (Å²) < 4.78 is 2.02. The highest BCUT2D eigenvalue weighted by Gasteiger charge is 2.21. The zero-order valence-corrected chi connectivity index (χ0v) is 18.9. The topological polar surface area (TPSA) is 45.6 Å². The molecule has 3 aromatic rings. The molecule has 0 saturated heterocycles. The van der Waals surface area contributed by atoms with Gasteiger partial charge in [-0.25, -0.2) is 0 Å². The van der Waals surface area contributed by atoms with Gasteiger partial charge in [0.2, 0.25) is 11.8 Å². The first-order chi connectivity index (χ1) is 15.6. The van der Waals surface area contributed by atoms with Gasteiger partial charge < -0.3 is 14.4 Å². The van der Waals surface area contributed by atoms with E-state index < -0.39 is 0 Å². The number of nitrogens with zero attached hydrogens (tertiary/aromatic N) is 3. The monoisotopic (exact) mass is 429 g/mol. The van der Waals surface area contributed by atoms with Crippen LogP contribution in [0.4, 0.5) is 0 Å². The third kappa shape index (κ3) is 6.71. The minimum Gasteiger partial charge on any atom is -0.353 e. The van der Waals surface area contributed by atoms with Crippen molar-refractivity contribution in [3.05, 3.63) is 102 Å². The molecule has 166 valence electrons. The minimum absolute atomic E-state index is 0.0586. The van der Waals surface area contributed by atoms with Gasteiger partial charge in [0.05, 0.1) is 6.54 Å². The van der Waals surface area contributed by atoms with Crippen LogP contribution in [-0.2, 0) is 29.7 Å². The van der Waals surface area contributed by atoms with Crippen molar-refractivity contribution in [1.82, 2.24) is 14.4 Å². The van der Waals surface area contributed by atoms with Crippen molar-refractivity contribution in [3.63, 3.8) is 0 Å². The summed E-state index contributed by atoms with van der Waals surface area (Å²) in [5.41, 5.74) is 3.07. The second-order valence-corrected chi connectivity index (χ2v) is 7.85. The van der Waals surface area contributed by atoms with Gasteiger partial charge in [0.15, 0.2) is 0 Å². The molecule has 0 radical (unpaired) electrons. The lowest BCUT2D eigenvalue weighted by atomic mass is 10.2. The first kappa shape index (κ1) is 23.1. The molecule has 0 saturated carbocycles.